The SMILES string of the molecule is CS(=O)(=O)NCCCNCc1ccc2c(c1)NC(=O)CO2. The van der Waals surface area contributed by atoms with Gasteiger partial charge in [0, 0.05) is 13.1 Å². The van der Waals surface area contributed by atoms with Crippen LogP contribution in [0.2, 0.25) is 0 Å². The normalized spacial score (nSPS) is 14.2. The van der Waals surface area contributed by atoms with Crippen molar-refractivity contribution in [2.24, 2.45) is 0 Å². The van der Waals surface area contributed by atoms with Gasteiger partial charge in [0.25, 0.3) is 5.91 Å². The average molecular weight is 313 g/mol. The maximum atomic E-state index is 11.2. The summed E-state index contributed by atoms with van der Waals surface area (Å²) in [5.41, 5.74) is 1.71. The molecule has 1 heterocycles. The average Bonchev–Trinajstić information content (AvgIpc) is 2.41. The zero-order valence-electron chi connectivity index (χ0n) is 11.8. The van der Waals surface area contributed by atoms with Crippen LogP contribution in [0.4, 0.5) is 5.69 Å². The van der Waals surface area contributed by atoms with E-state index in [1.165, 1.54) is 0 Å². The van der Waals surface area contributed by atoms with Gasteiger partial charge in [0.05, 0.1) is 11.9 Å². The molecule has 2 rings (SSSR count). The minimum absolute atomic E-state index is 0.0535. The third kappa shape index (κ3) is 5.33. The van der Waals surface area contributed by atoms with E-state index in [4.69, 9.17) is 4.74 Å². The minimum Gasteiger partial charge on any atom is -0.482 e. The van der Waals surface area contributed by atoms with E-state index in [0.29, 0.717) is 37.5 Å². The summed E-state index contributed by atoms with van der Waals surface area (Å²) in [4.78, 5) is 11.2. The number of ether oxygens (including phenoxy) is 1. The Kier molecular flexibility index (Phi) is 5.16. The third-order valence-corrected chi connectivity index (χ3v) is 3.63. The predicted molar refractivity (Wildman–Crippen MR) is 79.7 cm³/mol. The first-order valence-corrected chi connectivity index (χ1v) is 8.54. The van der Waals surface area contributed by atoms with Crippen LogP contribution in [-0.2, 0) is 21.4 Å². The number of carbonyl (C=O) groups excluding carboxylic acids is 1. The molecule has 0 unspecified atom stereocenters. The van der Waals surface area contributed by atoms with Gasteiger partial charge >= 0.3 is 0 Å². The molecule has 0 saturated carbocycles. The van der Waals surface area contributed by atoms with Gasteiger partial charge in [-0.2, -0.15) is 0 Å². The molecule has 0 aliphatic carbocycles. The van der Waals surface area contributed by atoms with Gasteiger partial charge in [0.2, 0.25) is 10.0 Å². The van der Waals surface area contributed by atoms with Crippen LogP contribution in [0.3, 0.4) is 0 Å². The highest BCUT2D eigenvalue weighted by Crippen LogP contribution is 2.28. The zero-order chi connectivity index (χ0) is 15.3. The smallest absolute Gasteiger partial charge is 0.262 e. The summed E-state index contributed by atoms with van der Waals surface area (Å²) < 4.78 is 29.5. The van der Waals surface area contributed by atoms with Crippen LogP contribution in [0.15, 0.2) is 18.2 Å². The van der Waals surface area contributed by atoms with Crippen molar-refractivity contribution in [3.8, 4) is 5.75 Å². The number of rotatable bonds is 7. The number of amides is 1. The Hall–Kier alpha value is -1.64. The Morgan fingerprint density at radius 1 is 1.33 bits per heavy atom. The van der Waals surface area contributed by atoms with E-state index < -0.39 is 10.0 Å². The van der Waals surface area contributed by atoms with Crippen molar-refractivity contribution in [1.29, 1.82) is 0 Å². The molecule has 0 bridgehead atoms. The summed E-state index contributed by atoms with van der Waals surface area (Å²) in [6.45, 7) is 1.81. The van der Waals surface area contributed by atoms with E-state index in [1.54, 1.807) is 0 Å². The van der Waals surface area contributed by atoms with E-state index in [9.17, 15) is 13.2 Å². The van der Waals surface area contributed by atoms with Crippen molar-refractivity contribution in [2.45, 2.75) is 13.0 Å². The monoisotopic (exact) mass is 313 g/mol. The lowest BCUT2D eigenvalue weighted by atomic mass is 10.1. The summed E-state index contributed by atoms with van der Waals surface area (Å²) in [6, 6.07) is 5.63. The number of carbonyl (C=O) groups is 1. The van der Waals surface area contributed by atoms with Crippen molar-refractivity contribution < 1.29 is 17.9 Å². The fraction of sp³-hybridized carbons (Fsp3) is 0.462. The molecular formula is C13H19N3O4S. The number of nitrogens with one attached hydrogen (secondary N) is 3. The van der Waals surface area contributed by atoms with Gasteiger partial charge in [-0.3, -0.25) is 4.79 Å². The molecule has 3 N–H and O–H groups in total. The van der Waals surface area contributed by atoms with Crippen molar-refractivity contribution in [3.63, 3.8) is 0 Å². The molecule has 116 valence electrons. The van der Waals surface area contributed by atoms with Crippen LogP contribution in [-0.4, -0.2) is 40.3 Å². The molecule has 1 aliphatic heterocycles. The molecule has 7 nitrogen and oxygen atoms in total. The molecule has 1 aliphatic rings. The summed E-state index contributed by atoms with van der Waals surface area (Å²) in [7, 11) is -3.11. The molecule has 1 amide bonds. The second-order valence-electron chi connectivity index (χ2n) is 4.86. The molecule has 1 aromatic carbocycles. The first-order valence-electron chi connectivity index (χ1n) is 6.65. The fourth-order valence-corrected chi connectivity index (χ4v) is 2.46. The highest BCUT2D eigenvalue weighted by molar-refractivity contribution is 7.88. The van der Waals surface area contributed by atoms with Crippen molar-refractivity contribution in [1.82, 2.24) is 10.0 Å². The quantitative estimate of drug-likeness (QED) is 0.618. The molecule has 21 heavy (non-hydrogen) atoms. The van der Waals surface area contributed by atoms with Gasteiger partial charge in [-0.15, -0.1) is 0 Å². The molecule has 0 radical (unpaired) electrons. The molecule has 0 aromatic heterocycles. The second-order valence-corrected chi connectivity index (χ2v) is 6.70. The lowest BCUT2D eigenvalue weighted by Gasteiger charge is -2.18. The Morgan fingerprint density at radius 3 is 2.90 bits per heavy atom. The van der Waals surface area contributed by atoms with Crippen LogP contribution in [0.25, 0.3) is 0 Å². The number of hydrogen-bond donors (Lipinski definition) is 3. The number of anilines is 1. The summed E-state index contributed by atoms with van der Waals surface area (Å²) in [6.07, 6.45) is 1.85. The number of fused-ring (bicyclic) bond motifs is 1. The highest BCUT2D eigenvalue weighted by Gasteiger charge is 2.15. The van der Waals surface area contributed by atoms with Crippen LogP contribution in [0.1, 0.15) is 12.0 Å². The summed E-state index contributed by atoms with van der Waals surface area (Å²) >= 11 is 0. The Morgan fingerprint density at radius 2 is 2.14 bits per heavy atom. The summed E-state index contributed by atoms with van der Waals surface area (Å²) in [5, 5.41) is 5.98. The van der Waals surface area contributed by atoms with Gasteiger partial charge in [0.1, 0.15) is 5.75 Å². The van der Waals surface area contributed by atoms with Gasteiger partial charge in [-0.25, -0.2) is 13.1 Å². The van der Waals surface area contributed by atoms with E-state index in [1.807, 2.05) is 18.2 Å². The topological polar surface area (TPSA) is 96.5 Å². The Labute approximate surface area is 124 Å². The minimum atomic E-state index is -3.11. The lowest BCUT2D eigenvalue weighted by Crippen LogP contribution is -2.26. The zero-order valence-corrected chi connectivity index (χ0v) is 12.6. The van der Waals surface area contributed by atoms with Crippen LogP contribution >= 0.6 is 0 Å². The number of benzene rings is 1. The number of hydrogen-bond acceptors (Lipinski definition) is 5. The molecule has 8 heteroatoms. The van der Waals surface area contributed by atoms with E-state index >= 15 is 0 Å². The van der Waals surface area contributed by atoms with Crippen molar-refractivity contribution in [2.75, 3.05) is 31.3 Å². The van der Waals surface area contributed by atoms with Gasteiger partial charge < -0.3 is 15.4 Å². The standard InChI is InChI=1S/C13H19N3O4S/c1-21(18,19)15-6-2-5-14-8-10-3-4-12-11(7-10)16-13(17)9-20-12/h3-4,7,14-15H,2,5-6,8-9H2,1H3,(H,16,17). The molecule has 0 saturated heterocycles. The van der Waals surface area contributed by atoms with E-state index in [-0.39, 0.29) is 12.5 Å². The van der Waals surface area contributed by atoms with E-state index in [0.717, 1.165) is 11.8 Å². The maximum Gasteiger partial charge on any atom is 0.262 e. The van der Waals surface area contributed by atoms with Gasteiger partial charge in [0.15, 0.2) is 6.61 Å². The second kappa shape index (κ2) is 6.88. The maximum absolute atomic E-state index is 11.2. The third-order valence-electron chi connectivity index (χ3n) is 2.90. The molecule has 1 aromatic rings. The number of sulfonamides is 1. The van der Waals surface area contributed by atoms with Crippen LogP contribution < -0.4 is 20.1 Å². The first kappa shape index (κ1) is 15.7. The lowest BCUT2D eigenvalue weighted by molar-refractivity contribution is -0.118. The Bertz CT molecular complexity index is 616. The van der Waals surface area contributed by atoms with Crippen LogP contribution in [0.5, 0.6) is 5.75 Å². The van der Waals surface area contributed by atoms with Gasteiger partial charge in [-0.1, -0.05) is 6.07 Å². The molecule has 0 spiro atoms. The Balaban J connectivity index is 1.74. The van der Waals surface area contributed by atoms with E-state index in [2.05, 4.69) is 15.4 Å². The highest BCUT2D eigenvalue weighted by atomic mass is 32.2. The summed E-state index contributed by atoms with van der Waals surface area (Å²) in [5.74, 6) is 0.523. The van der Waals surface area contributed by atoms with Crippen molar-refractivity contribution >= 4 is 21.6 Å². The predicted octanol–water partition coefficient (Wildman–Crippen LogP) is 0.0464. The molecule has 0 fully saturated rings. The fourth-order valence-electron chi connectivity index (χ4n) is 1.94. The molecule has 0 atom stereocenters. The van der Waals surface area contributed by atoms with Crippen molar-refractivity contribution in [3.05, 3.63) is 23.8 Å². The van der Waals surface area contributed by atoms with Gasteiger partial charge in [-0.05, 0) is 30.7 Å². The van der Waals surface area contributed by atoms with Crippen LogP contribution in [0, 0.1) is 0 Å². The first-order chi connectivity index (χ1) is 9.94. The largest absolute Gasteiger partial charge is 0.482 e. The molecular weight excluding hydrogens is 294 g/mol.